The zero-order chi connectivity index (χ0) is 10.2. The van der Waals surface area contributed by atoms with E-state index in [4.69, 9.17) is 4.74 Å². The molecule has 1 heterocycles. The number of unbranched alkanes of at least 4 members (excludes halogenated alkanes) is 3. The fourth-order valence-corrected chi connectivity index (χ4v) is 1.40. The van der Waals surface area contributed by atoms with Gasteiger partial charge >= 0.3 is 0 Å². The third-order valence-corrected chi connectivity index (χ3v) is 2.44. The molecule has 0 saturated carbocycles. The Morgan fingerprint density at radius 3 is 2.79 bits per heavy atom. The Labute approximate surface area is 93.8 Å². The molecule has 14 heavy (non-hydrogen) atoms. The first kappa shape index (κ1) is 11.5. The second-order valence-electron chi connectivity index (χ2n) is 3.23. The lowest BCUT2D eigenvalue weighted by molar-refractivity contribution is 0.304. The highest BCUT2D eigenvalue weighted by Gasteiger charge is 1.94. The van der Waals surface area contributed by atoms with E-state index < -0.39 is 0 Å². The van der Waals surface area contributed by atoms with E-state index >= 15 is 0 Å². The van der Waals surface area contributed by atoms with Gasteiger partial charge in [-0.1, -0.05) is 26.2 Å². The number of pyridine rings is 1. The van der Waals surface area contributed by atoms with Crippen LogP contribution in [0, 0.1) is 0 Å². The molecule has 2 nitrogen and oxygen atoms in total. The maximum atomic E-state index is 5.52. The number of rotatable bonds is 6. The summed E-state index contributed by atoms with van der Waals surface area (Å²) in [6, 6.07) is 3.82. The van der Waals surface area contributed by atoms with Crippen molar-refractivity contribution in [1.82, 2.24) is 4.98 Å². The fourth-order valence-electron chi connectivity index (χ4n) is 1.17. The predicted molar refractivity (Wildman–Crippen MR) is 61.6 cm³/mol. The molecule has 0 aliphatic heterocycles. The maximum Gasteiger partial charge on any atom is 0.137 e. The molecule has 0 unspecified atom stereocenters. The van der Waals surface area contributed by atoms with Crippen LogP contribution in [0.1, 0.15) is 32.6 Å². The van der Waals surface area contributed by atoms with Gasteiger partial charge in [0.2, 0.25) is 0 Å². The van der Waals surface area contributed by atoms with E-state index in [9.17, 15) is 0 Å². The highest BCUT2D eigenvalue weighted by molar-refractivity contribution is 9.10. The number of nitrogens with zero attached hydrogens (tertiary/aromatic N) is 1. The highest BCUT2D eigenvalue weighted by Crippen LogP contribution is 2.13. The van der Waals surface area contributed by atoms with Gasteiger partial charge in [-0.3, -0.25) is 0 Å². The molecular formula is C11H16BrNO. The molecule has 1 aromatic rings. The SMILES string of the molecule is CCCCCCOc1ccc(Br)nc1. The van der Waals surface area contributed by atoms with Gasteiger partial charge in [0.05, 0.1) is 12.8 Å². The van der Waals surface area contributed by atoms with Gasteiger partial charge in [0.25, 0.3) is 0 Å². The first-order valence-electron chi connectivity index (χ1n) is 5.07. The molecule has 0 fully saturated rings. The lowest BCUT2D eigenvalue weighted by Crippen LogP contribution is -1.97. The van der Waals surface area contributed by atoms with Crippen LogP contribution in [0.4, 0.5) is 0 Å². The van der Waals surface area contributed by atoms with Crippen LogP contribution in [0.2, 0.25) is 0 Å². The van der Waals surface area contributed by atoms with Crippen molar-refractivity contribution in [3.8, 4) is 5.75 Å². The normalized spacial score (nSPS) is 10.1. The zero-order valence-corrected chi connectivity index (χ0v) is 10.1. The summed E-state index contributed by atoms with van der Waals surface area (Å²) in [5.41, 5.74) is 0. The van der Waals surface area contributed by atoms with Gasteiger partial charge in [-0.15, -0.1) is 0 Å². The second-order valence-corrected chi connectivity index (χ2v) is 4.04. The molecule has 1 aromatic heterocycles. The smallest absolute Gasteiger partial charge is 0.137 e. The Morgan fingerprint density at radius 1 is 1.29 bits per heavy atom. The molecule has 0 aliphatic rings. The van der Waals surface area contributed by atoms with E-state index in [-0.39, 0.29) is 0 Å². The van der Waals surface area contributed by atoms with E-state index in [1.54, 1.807) is 6.20 Å². The minimum Gasteiger partial charge on any atom is -0.492 e. The van der Waals surface area contributed by atoms with Gasteiger partial charge in [0.1, 0.15) is 10.4 Å². The molecule has 0 bridgehead atoms. The van der Waals surface area contributed by atoms with Crippen molar-refractivity contribution >= 4 is 15.9 Å². The monoisotopic (exact) mass is 257 g/mol. The Hall–Kier alpha value is -0.570. The molecule has 0 atom stereocenters. The number of halogens is 1. The number of aromatic nitrogens is 1. The number of ether oxygens (including phenoxy) is 1. The van der Waals surface area contributed by atoms with Crippen LogP contribution < -0.4 is 4.74 Å². The standard InChI is InChI=1S/C11H16BrNO/c1-2-3-4-5-8-14-10-6-7-11(12)13-9-10/h6-7,9H,2-5,8H2,1H3. The van der Waals surface area contributed by atoms with Crippen molar-refractivity contribution in [1.29, 1.82) is 0 Å². The summed E-state index contributed by atoms with van der Waals surface area (Å²) in [5, 5.41) is 0. The van der Waals surface area contributed by atoms with Crippen LogP contribution >= 0.6 is 15.9 Å². The third-order valence-electron chi connectivity index (χ3n) is 1.97. The van der Waals surface area contributed by atoms with Gasteiger partial charge in [0.15, 0.2) is 0 Å². The quantitative estimate of drug-likeness (QED) is 0.572. The lowest BCUT2D eigenvalue weighted by atomic mass is 10.2. The van der Waals surface area contributed by atoms with Gasteiger partial charge in [-0.05, 0) is 34.5 Å². The van der Waals surface area contributed by atoms with Gasteiger partial charge < -0.3 is 4.74 Å². The lowest BCUT2D eigenvalue weighted by Gasteiger charge is -2.04. The van der Waals surface area contributed by atoms with E-state index in [0.29, 0.717) is 0 Å². The first-order chi connectivity index (χ1) is 6.83. The molecule has 0 spiro atoms. The predicted octanol–water partition coefficient (Wildman–Crippen LogP) is 3.80. The number of hydrogen-bond acceptors (Lipinski definition) is 2. The van der Waals surface area contributed by atoms with Crippen molar-refractivity contribution in [2.75, 3.05) is 6.61 Å². The van der Waals surface area contributed by atoms with E-state index in [1.807, 2.05) is 12.1 Å². The molecule has 0 amide bonds. The van der Waals surface area contributed by atoms with Crippen molar-refractivity contribution in [3.63, 3.8) is 0 Å². The average molecular weight is 258 g/mol. The van der Waals surface area contributed by atoms with Gasteiger partial charge in [-0.2, -0.15) is 0 Å². The minimum absolute atomic E-state index is 0.795. The van der Waals surface area contributed by atoms with Crippen molar-refractivity contribution in [2.24, 2.45) is 0 Å². The maximum absolute atomic E-state index is 5.52. The Kier molecular flexibility index (Phi) is 5.60. The largest absolute Gasteiger partial charge is 0.492 e. The summed E-state index contributed by atoms with van der Waals surface area (Å²) in [6.45, 7) is 3.00. The summed E-state index contributed by atoms with van der Waals surface area (Å²) in [5.74, 6) is 0.852. The summed E-state index contributed by atoms with van der Waals surface area (Å²) in [4.78, 5) is 4.09. The third kappa shape index (κ3) is 4.61. The van der Waals surface area contributed by atoms with E-state index in [1.165, 1.54) is 19.3 Å². The zero-order valence-electron chi connectivity index (χ0n) is 8.50. The molecule has 0 saturated heterocycles. The van der Waals surface area contributed by atoms with E-state index in [2.05, 4.69) is 27.8 Å². The van der Waals surface area contributed by atoms with Crippen molar-refractivity contribution in [2.45, 2.75) is 32.6 Å². The van der Waals surface area contributed by atoms with Crippen LogP contribution in [-0.2, 0) is 0 Å². The number of hydrogen-bond donors (Lipinski definition) is 0. The summed E-state index contributed by atoms with van der Waals surface area (Å²) >= 11 is 3.28. The molecule has 1 rings (SSSR count). The van der Waals surface area contributed by atoms with Crippen molar-refractivity contribution < 1.29 is 4.74 Å². The Morgan fingerprint density at radius 2 is 2.14 bits per heavy atom. The summed E-state index contributed by atoms with van der Waals surface area (Å²) in [6.07, 6.45) is 6.68. The molecule has 0 N–H and O–H groups in total. The summed E-state index contributed by atoms with van der Waals surface area (Å²) in [7, 11) is 0. The topological polar surface area (TPSA) is 22.1 Å². The van der Waals surface area contributed by atoms with Gasteiger partial charge in [-0.25, -0.2) is 4.98 Å². The molecule has 0 aliphatic carbocycles. The minimum atomic E-state index is 0.795. The van der Waals surface area contributed by atoms with Crippen LogP contribution in [0.25, 0.3) is 0 Å². The van der Waals surface area contributed by atoms with E-state index in [0.717, 1.165) is 23.4 Å². The molecule has 78 valence electrons. The Bertz CT molecular complexity index is 248. The van der Waals surface area contributed by atoms with Crippen LogP contribution in [0.5, 0.6) is 5.75 Å². The molecule has 3 heteroatoms. The van der Waals surface area contributed by atoms with Crippen LogP contribution in [-0.4, -0.2) is 11.6 Å². The molecule has 0 aromatic carbocycles. The molecular weight excluding hydrogens is 242 g/mol. The average Bonchev–Trinajstić information content (AvgIpc) is 2.21. The van der Waals surface area contributed by atoms with Crippen LogP contribution in [0.15, 0.2) is 22.9 Å². The fraction of sp³-hybridized carbons (Fsp3) is 0.545. The Balaban J connectivity index is 2.15. The van der Waals surface area contributed by atoms with Crippen molar-refractivity contribution in [3.05, 3.63) is 22.9 Å². The molecule has 0 radical (unpaired) electrons. The highest BCUT2D eigenvalue weighted by atomic mass is 79.9. The van der Waals surface area contributed by atoms with Gasteiger partial charge in [0, 0.05) is 0 Å². The van der Waals surface area contributed by atoms with Crippen LogP contribution in [0.3, 0.4) is 0 Å². The summed E-state index contributed by atoms with van der Waals surface area (Å²) < 4.78 is 6.37. The second kappa shape index (κ2) is 6.82. The first-order valence-corrected chi connectivity index (χ1v) is 5.86.